The maximum absolute atomic E-state index is 14.7. The van der Waals surface area contributed by atoms with E-state index in [4.69, 9.17) is 9.47 Å². The van der Waals surface area contributed by atoms with Crippen LogP contribution in [0.2, 0.25) is 0 Å². The number of anilines is 1. The zero-order valence-electron chi connectivity index (χ0n) is 19.3. The predicted octanol–water partition coefficient (Wildman–Crippen LogP) is 4.63. The number of hydrogen-bond acceptors (Lipinski definition) is 8. The Morgan fingerprint density at radius 1 is 1.32 bits per heavy atom. The van der Waals surface area contributed by atoms with Crippen LogP contribution in [0.4, 0.5) is 9.52 Å². The van der Waals surface area contributed by atoms with Crippen molar-refractivity contribution in [3.63, 3.8) is 0 Å². The Morgan fingerprint density at radius 2 is 2.09 bits per heavy atom. The summed E-state index contributed by atoms with van der Waals surface area (Å²) in [6.07, 6.45) is 4.44. The Morgan fingerprint density at radius 3 is 2.82 bits per heavy atom. The summed E-state index contributed by atoms with van der Waals surface area (Å²) in [4.78, 5) is 17.3. The third-order valence-electron chi connectivity index (χ3n) is 6.08. The predicted molar refractivity (Wildman–Crippen MR) is 127 cm³/mol. The average molecular weight is 487 g/mol. The van der Waals surface area contributed by atoms with Crippen LogP contribution >= 0.6 is 11.3 Å². The molecular formula is C24H27FN4O4S. The van der Waals surface area contributed by atoms with Gasteiger partial charge in [-0.25, -0.2) is 4.39 Å². The van der Waals surface area contributed by atoms with Crippen molar-refractivity contribution in [1.82, 2.24) is 15.2 Å². The normalized spacial score (nSPS) is 20.1. The summed E-state index contributed by atoms with van der Waals surface area (Å²) in [6, 6.07) is 6.14. The molecule has 10 heteroatoms. The molecule has 1 saturated carbocycles. The molecule has 1 fully saturated rings. The highest BCUT2D eigenvalue weighted by atomic mass is 32.1. The van der Waals surface area contributed by atoms with E-state index in [2.05, 4.69) is 27.4 Å². The lowest BCUT2D eigenvalue weighted by Crippen LogP contribution is -2.32. The maximum atomic E-state index is 14.7. The monoisotopic (exact) mass is 486 g/mol. The van der Waals surface area contributed by atoms with Crippen LogP contribution in [0.3, 0.4) is 0 Å². The fourth-order valence-corrected chi connectivity index (χ4v) is 4.64. The summed E-state index contributed by atoms with van der Waals surface area (Å²) < 4.78 is 25.9. The Hall–Kier alpha value is -3.11. The van der Waals surface area contributed by atoms with Crippen molar-refractivity contribution in [3.8, 4) is 22.1 Å². The third-order valence-corrected chi connectivity index (χ3v) is 6.83. The summed E-state index contributed by atoms with van der Waals surface area (Å²) >= 11 is 1.11. The fraction of sp³-hybridized carbons (Fsp3) is 0.417. The maximum Gasteiger partial charge on any atom is 0.295 e. The first kappa shape index (κ1) is 24.0. The van der Waals surface area contributed by atoms with E-state index in [0.717, 1.165) is 37.0 Å². The van der Waals surface area contributed by atoms with E-state index in [-0.39, 0.29) is 27.8 Å². The second-order valence-corrected chi connectivity index (χ2v) is 9.79. The van der Waals surface area contributed by atoms with Gasteiger partial charge in [-0.15, -0.1) is 5.10 Å². The Balaban J connectivity index is 1.50. The molecule has 0 atom stereocenters. The SMILES string of the molecule is COc1cccc(F)c1-c1cc(C)ncc1C(=O)Nc1nnc(OC[C@]2(C)CC[C@H](O)CC2)s1. The number of pyridine rings is 1. The van der Waals surface area contributed by atoms with Crippen molar-refractivity contribution < 1.29 is 23.8 Å². The van der Waals surface area contributed by atoms with Gasteiger partial charge < -0.3 is 14.6 Å². The highest BCUT2D eigenvalue weighted by Gasteiger charge is 2.31. The molecule has 1 aromatic carbocycles. The van der Waals surface area contributed by atoms with E-state index >= 15 is 0 Å². The molecule has 2 heterocycles. The van der Waals surface area contributed by atoms with Gasteiger partial charge in [0.25, 0.3) is 11.1 Å². The molecular weight excluding hydrogens is 459 g/mol. The molecule has 1 aliphatic carbocycles. The zero-order valence-corrected chi connectivity index (χ0v) is 20.1. The van der Waals surface area contributed by atoms with Crippen molar-refractivity contribution in [2.45, 2.75) is 45.6 Å². The number of aryl methyl sites for hydroxylation is 1. The quantitative estimate of drug-likeness (QED) is 0.501. The number of benzene rings is 1. The van der Waals surface area contributed by atoms with Crippen molar-refractivity contribution in [2.24, 2.45) is 5.41 Å². The number of aliphatic hydroxyl groups excluding tert-OH is 1. The van der Waals surface area contributed by atoms with E-state index in [0.29, 0.717) is 28.8 Å². The molecule has 1 amide bonds. The first-order chi connectivity index (χ1) is 16.3. The molecule has 0 spiro atoms. The van der Waals surface area contributed by atoms with E-state index in [1.165, 1.54) is 19.4 Å². The van der Waals surface area contributed by atoms with Crippen molar-refractivity contribution >= 4 is 22.4 Å². The largest absolute Gasteiger partial charge is 0.496 e. The lowest BCUT2D eigenvalue weighted by atomic mass is 9.75. The Bertz CT molecular complexity index is 1180. The van der Waals surface area contributed by atoms with Crippen LogP contribution < -0.4 is 14.8 Å². The standard InChI is InChI=1S/C24H27FN4O4S/c1-14-11-16(20-18(25)5-4-6-19(20)32-3)17(12-26-14)21(31)27-22-28-29-23(34-22)33-13-24(2)9-7-15(30)8-10-24/h4-6,11-12,15,30H,7-10,13H2,1-3H3,(H,27,28,31)/t15-,24+. The average Bonchev–Trinajstić information content (AvgIpc) is 3.27. The molecule has 1 aliphatic rings. The van der Waals surface area contributed by atoms with E-state index < -0.39 is 11.7 Å². The molecule has 8 nitrogen and oxygen atoms in total. The van der Waals surface area contributed by atoms with Crippen molar-refractivity contribution in [1.29, 1.82) is 0 Å². The molecule has 0 unspecified atom stereocenters. The molecule has 3 aromatic rings. The van der Waals surface area contributed by atoms with Crippen LogP contribution in [0.1, 0.15) is 48.7 Å². The number of hydrogen-bond donors (Lipinski definition) is 2. The number of carbonyl (C=O) groups is 1. The van der Waals surface area contributed by atoms with Crippen LogP contribution in [0.5, 0.6) is 10.9 Å². The first-order valence-corrected chi connectivity index (χ1v) is 11.8. The third kappa shape index (κ3) is 5.34. The van der Waals surface area contributed by atoms with E-state index in [1.807, 2.05) is 0 Å². The molecule has 2 N–H and O–H groups in total. The number of halogens is 1. The number of nitrogens with zero attached hydrogens (tertiary/aromatic N) is 3. The first-order valence-electron chi connectivity index (χ1n) is 11.0. The van der Waals surface area contributed by atoms with Gasteiger partial charge in [-0.3, -0.25) is 15.1 Å². The van der Waals surface area contributed by atoms with Gasteiger partial charge in [0.2, 0.25) is 5.13 Å². The van der Waals surface area contributed by atoms with Gasteiger partial charge in [0.05, 0.1) is 30.9 Å². The highest BCUT2D eigenvalue weighted by Crippen LogP contribution is 2.38. The summed E-state index contributed by atoms with van der Waals surface area (Å²) in [5.41, 5.74) is 1.34. The number of aliphatic hydroxyl groups is 1. The summed E-state index contributed by atoms with van der Waals surface area (Å²) in [7, 11) is 1.45. The van der Waals surface area contributed by atoms with E-state index in [9.17, 15) is 14.3 Å². The van der Waals surface area contributed by atoms with Gasteiger partial charge in [0.15, 0.2) is 0 Å². The van der Waals surface area contributed by atoms with Crippen LogP contribution in [-0.2, 0) is 0 Å². The van der Waals surface area contributed by atoms with Crippen LogP contribution in [0.15, 0.2) is 30.5 Å². The number of aromatic nitrogens is 3. The summed E-state index contributed by atoms with van der Waals surface area (Å²) in [5.74, 6) is -0.687. The lowest BCUT2D eigenvalue weighted by Gasteiger charge is -2.34. The van der Waals surface area contributed by atoms with Crippen LogP contribution in [-0.4, -0.2) is 46.0 Å². The summed E-state index contributed by atoms with van der Waals surface area (Å²) in [5, 5.41) is 21.1. The van der Waals surface area contributed by atoms with Crippen LogP contribution in [0.25, 0.3) is 11.1 Å². The number of amides is 1. The molecule has 0 aliphatic heterocycles. The number of methoxy groups -OCH3 is 1. The Labute approximate surface area is 201 Å². The second kappa shape index (κ2) is 10.0. The minimum atomic E-state index is -0.505. The van der Waals surface area contributed by atoms with Crippen molar-refractivity contribution in [3.05, 3.63) is 47.5 Å². The number of carbonyl (C=O) groups excluding carboxylic acids is 1. The minimum absolute atomic E-state index is 0.0321. The number of nitrogens with one attached hydrogen (secondary N) is 1. The van der Waals surface area contributed by atoms with Gasteiger partial charge in [-0.2, -0.15) is 0 Å². The molecule has 4 rings (SSSR count). The topological polar surface area (TPSA) is 106 Å². The minimum Gasteiger partial charge on any atom is -0.496 e. The summed E-state index contributed by atoms with van der Waals surface area (Å²) in [6.45, 7) is 4.35. The molecule has 34 heavy (non-hydrogen) atoms. The Kier molecular flexibility index (Phi) is 7.08. The highest BCUT2D eigenvalue weighted by molar-refractivity contribution is 7.17. The lowest BCUT2D eigenvalue weighted by molar-refractivity contribution is 0.0425. The van der Waals surface area contributed by atoms with Gasteiger partial charge in [-0.05, 0) is 62.1 Å². The molecule has 2 aromatic heterocycles. The second-order valence-electron chi connectivity index (χ2n) is 8.85. The van der Waals surface area contributed by atoms with Gasteiger partial charge in [0.1, 0.15) is 11.6 Å². The van der Waals surface area contributed by atoms with Crippen molar-refractivity contribution in [2.75, 3.05) is 19.0 Å². The number of rotatable bonds is 7. The van der Waals surface area contributed by atoms with Gasteiger partial charge >= 0.3 is 0 Å². The molecule has 0 radical (unpaired) electrons. The molecule has 180 valence electrons. The van der Waals surface area contributed by atoms with Gasteiger partial charge in [-0.1, -0.05) is 18.1 Å². The molecule has 0 saturated heterocycles. The van der Waals surface area contributed by atoms with E-state index in [1.54, 1.807) is 25.1 Å². The van der Waals surface area contributed by atoms with Gasteiger partial charge in [0, 0.05) is 22.9 Å². The smallest absolute Gasteiger partial charge is 0.295 e. The van der Waals surface area contributed by atoms with Crippen LogP contribution in [0, 0.1) is 18.2 Å². The zero-order chi connectivity index (χ0) is 24.3. The number of ether oxygens (including phenoxy) is 2. The molecule has 0 bridgehead atoms. The fourth-order valence-electron chi connectivity index (χ4n) is 4.05.